The van der Waals surface area contributed by atoms with E-state index in [1.807, 2.05) is 20.8 Å². The molecule has 0 aliphatic carbocycles. The predicted octanol–water partition coefficient (Wildman–Crippen LogP) is 5.19. The van der Waals surface area contributed by atoms with Crippen molar-refractivity contribution >= 4 is 28.6 Å². The van der Waals surface area contributed by atoms with Crippen LogP contribution in [-0.4, -0.2) is 27.4 Å². The number of hydrogen-bond donors (Lipinski definition) is 1. The number of halogens is 2. The SMILES string of the molecule is COC(C)c1nc2c(N)nc(C)c(C)c2n1CCCCSc1ccc(F)cc1F. The Morgan fingerprint density at radius 2 is 1.97 bits per heavy atom. The molecule has 2 heterocycles. The smallest absolute Gasteiger partial charge is 0.151 e. The molecule has 0 saturated heterocycles. The van der Waals surface area contributed by atoms with Crippen molar-refractivity contribution in [3.05, 3.63) is 46.9 Å². The summed E-state index contributed by atoms with van der Waals surface area (Å²) in [4.78, 5) is 9.58. The topological polar surface area (TPSA) is 66.0 Å². The zero-order chi connectivity index (χ0) is 21.1. The maximum Gasteiger partial charge on any atom is 0.151 e. The van der Waals surface area contributed by atoms with E-state index in [1.165, 1.54) is 23.9 Å². The second-order valence-corrected chi connectivity index (χ2v) is 8.17. The molecule has 0 radical (unpaired) electrons. The summed E-state index contributed by atoms with van der Waals surface area (Å²) in [6, 6.07) is 3.69. The number of nitrogen functional groups attached to an aromatic ring is 1. The van der Waals surface area contributed by atoms with E-state index in [4.69, 9.17) is 15.5 Å². The summed E-state index contributed by atoms with van der Waals surface area (Å²) in [6.45, 7) is 6.67. The number of nitrogens with zero attached hydrogens (tertiary/aromatic N) is 3. The van der Waals surface area contributed by atoms with Gasteiger partial charge in [-0.15, -0.1) is 11.8 Å². The Morgan fingerprint density at radius 3 is 2.66 bits per heavy atom. The van der Waals surface area contributed by atoms with Gasteiger partial charge in [-0.2, -0.15) is 0 Å². The molecule has 0 bridgehead atoms. The molecule has 1 aromatic carbocycles. The summed E-state index contributed by atoms with van der Waals surface area (Å²) in [5.41, 5.74) is 9.76. The van der Waals surface area contributed by atoms with Crippen LogP contribution >= 0.6 is 11.8 Å². The molecule has 5 nitrogen and oxygen atoms in total. The second-order valence-electron chi connectivity index (χ2n) is 7.03. The van der Waals surface area contributed by atoms with Crippen LogP contribution in [-0.2, 0) is 11.3 Å². The molecule has 8 heteroatoms. The molecular weight excluding hydrogens is 394 g/mol. The van der Waals surface area contributed by atoms with Crippen LogP contribution in [0.5, 0.6) is 0 Å². The molecule has 3 rings (SSSR count). The molecular formula is C21H26F2N4OS. The molecule has 29 heavy (non-hydrogen) atoms. The molecule has 156 valence electrons. The zero-order valence-electron chi connectivity index (χ0n) is 17.1. The second kappa shape index (κ2) is 9.09. The highest BCUT2D eigenvalue weighted by atomic mass is 32.2. The van der Waals surface area contributed by atoms with Gasteiger partial charge in [0, 0.05) is 30.3 Å². The Hall–Kier alpha value is -2.19. The van der Waals surface area contributed by atoms with Gasteiger partial charge in [0.05, 0.1) is 5.52 Å². The number of methoxy groups -OCH3 is 1. The molecule has 1 unspecified atom stereocenters. The number of nitrogens with two attached hydrogens (primary N) is 1. The van der Waals surface area contributed by atoms with E-state index >= 15 is 0 Å². The number of aromatic nitrogens is 3. The van der Waals surface area contributed by atoms with Gasteiger partial charge in [-0.25, -0.2) is 18.7 Å². The number of benzene rings is 1. The maximum atomic E-state index is 13.8. The van der Waals surface area contributed by atoms with Crippen LogP contribution in [0.4, 0.5) is 14.6 Å². The molecule has 1 atom stereocenters. The number of anilines is 1. The summed E-state index contributed by atoms with van der Waals surface area (Å²) in [6.07, 6.45) is 1.58. The maximum absolute atomic E-state index is 13.8. The Bertz CT molecular complexity index is 1020. The van der Waals surface area contributed by atoms with Crippen molar-refractivity contribution in [2.24, 2.45) is 0 Å². The van der Waals surface area contributed by atoms with Gasteiger partial charge in [-0.05, 0) is 57.1 Å². The van der Waals surface area contributed by atoms with Gasteiger partial charge in [-0.3, -0.25) is 0 Å². The number of pyridine rings is 1. The zero-order valence-corrected chi connectivity index (χ0v) is 17.9. The third-order valence-corrected chi connectivity index (χ3v) is 6.21. The van der Waals surface area contributed by atoms with Crippen LogP contribution in [0, 0.1) is 25.5 Å². The first-order chi connectivity index (χ1) is 13.8. The summed E-state index contributed by atoms with van der Waals surface area (Å²) in [7, 11) is 1.65. The van der Waals surface area contributed by atoms with Crippen molar-refractivity contribution in [3.8, 4) is 0 Å². The Labute approximate surface area is 173 Å². The van der Waals surface area contributed by atoms with Crippen LogP contribution in [0.25, 0.3) is 11.0 Å². The lowest BCUT2D eigenvalue weighted by Crippen LogP contribution is -2.10. The van der Waals surface area contributed by atoms with Crippen LogP contribution in [0.2, 0.25) is 0 Å². The predicted molar refractivity (Wildman–Crippen MR) is 113 cm³/mol. The molecule has 0 aliphatic rings. The number of rotatable bonds is 8. The Kier molecular flexibility index (Phi) is 6.74. The van der Waals surface area contributed by atoms with Gasteiger partial charge in [-0.1, -0.05) is 0 Å². The molecule has 0 amide bonds. The fourth-order valence-corrected chi connectivity index (χ4v) is 4.24. The highest BCUT2D eigenvalue weighted by Crippen LogP contribution is 2.30. The number of fused-ring (bicyclic) bond motifs is 1. The van der Waals surface area contributed by atoms with Gasteiger partial charge in [0.2, 0.25) is 0 Å². The lowest BCUT2D eigenvalue weighted by molar-refractivity contribution is 0.109. The van der Waals surface area contributed by atoms with Gasteiger partial charge < -0.3 is 15.0 Å². The third kappa shape index (κ3) is 4.53. The van der Waals surface area contributed by atoms with Crippen LogP contribution in [0.1, 0.15) is 43.0 Å². The molecule has 2 aromatic heterocycles. The normalized spacial score (nSPS) is 12.6. The van der Waals surface area contributed by atoms with Crippen LogP contribution < -0.4 is 5.73 Å². The van der Waals surface area contributed by atoms with Crippen molar-refractivity contribution in [1.29, 1.82) is 0 Å². The Balaban J connectivity index is 1.75. The van der Waals surface area contributed by atoms with Crippen LogP contribution in [0.3, 0.4) is 0 Å². The first-order valence-electron chi connectivity index (χ1n) is 9.57. The van der Waals surface area contributed by atoms with Gasteiger partial charge in [0.25, 0.3) is 0 Å². The number of unbranched alkanes of at least 4 members (excludes halogenated alkanes) is 1. The van der Waals surface area contributed by atoms with E-state index < -0.39 is 11.6 Å². The third-order valence-electron chi connectivity index (χ3n) is 5.07. The largest absolute Gasteiger partial charge is 0.382 e. The van der Waals surface area contributed by atoms with E-state index in [9.17, 15) is 8.78 Å². The first kappa shape index (κ1) is 21.5. The molecule has 2 N–H and O–H groups in total. The van der Waals surface area contributed by atoms with Gasteiger partial charge >= 0.3 is 0 Å². The average molecular weight is 421 g/mol. The van der Waals surface area contributed by atoms with E-state index in [1.54, 1.807) is 7.11 Å². The number of thioether (sulfide) groups is 1. The van der Waals surface area contributed by atoms with E-state index in [0.717, 1.165) is 53.8 Å². The molecule has 3 aromatic rings. The van der Waals surface area contributed by atoms with E-state index in [2.05, 4.69) is 9.55 Å². The van der Waals surface area contributed by atoms with Gasteiger partial charge in [0.1, 0.15) is 29.1 Å². The fourth-order valence-electron chi connectivity index (χ4n) is 3.31. The molecule has 0 aliphatic heterocycles. The summed E-state index contributed by atoms with van der Waals surface area (Å²) >= 11 is 1.40. The average Bonchev–Trinajstić information content (AvgIpc) is 3.07. The quantitative estimate of drug-likeness (QED) is 0.401. The number of aryl methyl sites for hydroxylation is 3. The lowest BCUT2D eigenvalue weighted by Gasteiger charge is -2.15. The first-order valence-corrected chi connectivity index (χ1v) is 10.6. The fraction of sp³-hybridized carbons (Fsp3) is 0.429. The standard InChI is InChI=1S/C21H26F2N4OS/c1-12-13(2)25-20(24)18-19(12)27(21(26-18)14(3)28-4)9-5-6-10-29-17-8-7-15(22)11-16(17)23/h7-8,11,14H,5-6,9-10H2,1-4H3,(H2,24,25). The summed E-state index contributed by atoms with van der Waals surface area (Å²) in [5.74, 6) is 0.918. The van der Waals surface area contributed by atoms with Crippen molar-refractivity contribution in [2.45, 2.75) is 51.2 Å². The molecule has 0 saturated carbocycles. The lowest BCUT2D eigenvalue weighted by atomic mass is 10.2. The number of imidazole rings is 1. The summed E-state index contributed by atoms with van der Waals surface area (Å²) in [5, 5.41) is 0. The van der Waals surface area contributed by atoms with Crippen molar-refractivity contribution < 1.29 is 13.5 Å². The van der Waals surface area contributed by atoms with Gasteiger partial charge in [0.15, 0.2) is 5.82 Å². The Morgan fingerprint density at radius 1 is 1.21 bits per heavy atom. The number of hydrogen-bond acceptors (Lipinski definition) is 5. The van der Waals surface area contributed by atoms with E-state index in [0.29, 0.717) is 16.2 Å². The minimum absolute atomic E-state index is 0.177. The van der Waals surface area contributed by atoms with E-state index in [-0.39, 0.29) is 6.10 Å². The van der Waals surface area contributed by atoms with Crippen molar-refractivity contribution in [2.75, 3.05) is 18.6 Å². The van der Waals surface area contributed by atoms with Crippen molar-refractivity contribution in [3.63, 3.8) is 0 Å². The van der Waals surface area contributed by atoms with Crippen LogP contribution in [0.15, 0.2) is 23.1 Å². The highest BCUT2D eigenvalue weighted by Gasteiger charge is 2.20. The molecule has 0 fully saturated rings. The summed E-state index contributed by atoms with van der Waals surface area (Å²) < 4.78 is 34.4. The minimum atomic E-state index is -0.557. The highest BCUT2D eigenvalue weighted by molar-refractivity contribution is 7.99. The molecule has 0 spiro atoms. The monoisotopic (exact) mass is 420 g/mol. The minimum Gasteiger partial charge on any atom is -0.382 e. The number of ether oxygens (including phenoxy) is 1. The van der Waals surface area contributed by atoms with Crippen molar-refractivity contribution in [1.82, 2.24) is 14.5 Å².